The lowest BCUT2D eigenvalue weighted by atomic mass is 10.1. The molecule has 1 aliphatic heterocycles. The molecule has 0 aromatic heterocycles. The fourth-order valence-electron chi connectivity index (χ4n) is 2.74. The van der Waals surface area contributed by atoms with Crippen molar-refractivity contribution in [3.8, 4) is 0 Å². The number of morpholine rings is 1. The third-order valence-electron chi connectivity index (χ3n) is 3.75. The van der Waals surface area contributed by atoms with E-state index < -0.39 is 0 Å². The van der Waals surface area contributed by atoms with Gasteiger partial charge in [0.2, 0.25) is 5.91 Å². The van der Waals surface area contributed by atoms with Crippen molar-refractivity contribution in [1.29, 1.82) is 0 Å². The fourth-order valence-corrected chi connectivity index (χ4v) is 2.74. The Kier molecular flexibility index (Phi) is 6.62. The summed E-state index contributed by atoms with van der Waals surface area (Å²) in [6.07, 6.45) is 3.32. The monoisotopic (exact) mass is 302 g/mol. The summed E-state index contributed by atoms with van der Waals surface area (Å²) in [6.45, 7) is 8.04. The molecule has 0 unspecified atom stereocenters. The zero-order valence-electron chi connectivity index (χ0n) is 13.5. The summed E-state index contributed by atoms with van der Waals surface area (Å²) in [4.78, 5) is 13.3. The van der Waals surface area contributed by atoms with E-state index in [4.69, 9.17) is 4.74 Å². The van der Waals surface area contributed by atoms with Crippen molar-refractivity contribution in [2.45, 2.75) is 26.4 Å². The van der Waals surface area contributed by atoms with Gasteiger partial charge in [0, 0.05) is 33.1 Å². The van der Waals surface area contributed by atoms with Gasteiger partial charge in [0.15, 0.2) is 0 Å². The molecule has 4 nitrogen and oxygen atoms in total. The summed E-state index contributed by atoms with van der Waals surface area (Å²) in [5.41, 5.74) is 2.60. The summed E-state index contributed by atoms with van der Waals surface area (Å²) < 4.78 is 5.78. The Bertz CT molecular complexity index is 499. The van der Waals surface area contributed by atoms with Crippen molar-refractivity contribution < 1.29 is 9.53 Å². The van der Waals surface area contributed by atoms with Gasteiger partial charge in [-0.3, -0.25) is 9.69 Å². The first-order valence-corrected chi connectivity index (χ1v) is 7.94. The molecule has 1 aromatic carbocycles. The molecule has 0 aliphatic carbocycles. The number of hydrogen-bond donors (Lipinski definition) is 1. The van der Waals surface area contributed by atoms with Crippen LogP contribution in [0.1, 0.15) is 25.8 Å². The number of carbonyl (C=O) groups excluding carboxylic acids is 1. The van der Waals surface area contributed by atoms with E-state index in [0.29, 0.717) is 6.54 Å². The lowest BCUT2D eigenvalue weighted by molar-refractivity contribution is -0.119. The maximum atomic E-state index is 10.9. The van der Waals surface area contributed by atoms with Crippen LogP contribution in [0.25, 0.3) is 6.08 Å². The molecular formula is C18H26N2O2. The minimum Gasteiger partial charge on any atom is -0.375 e. The van der Waals surface area contributed by atoms with E-state index in [1.165, 1.54) is 11.1 Å². The van der Waals surface area contributed by atoms with Gasteiger partial charge in [-0.05, 0) is 18.9 Å². The summed E-state index contributed by atoms with van der Waals surface area (Å²) in [5, 5.41) is 2.83. The van der Waals surface area contributed by atoms with Crippen molar-refractivity contribution in [2.24, 2.45) is 0 Å². The van der Waals surface area contributed by atoms with Gasteiger partial charge in [-0.25, -0.2) is 0 Å². The second kappa shape index (κ2) is 8.71. The Labute approximate surface area is 133 Å². The highest BCUT2D eigenvalue weighted by Gasteiger charge is 2.20. The normalized spacial score (nSPS) is 19.9. The van der Waals surface area contributed by atoms with Gasteiger partial charge in [0.1, 0.15) is 0 Å². The molecule has 0 saturated carbocycles. The third-order valence-corrected chi connectivity index (χ3v) is 3.75. The standard InChI is InChI=1S/C18H26N2O2/c1-15(12-17-6-4-3-5-7-17)13-20-10-11-22-18(14-20)8-9-19-16(2)21/h3-7,12,18H,8-11,13-14H2,1-2H3,(H,19,21)/b15-12+/t18-/m0/s1. The molecule has 22 heavy (non-hydrogen) atoms. The van der Waals surface area contributed by atoms with Crippen LogP contribution in [0.3, 0.4) is 0 Å². The molecule has 4 heteroatoms. The fraction of sp³-hybridized carbons (Fsp3) is 0.500. The first kappa shape index (κ1) is 16.7. The molecule has 1 fully saturated rings. The van der Waals surface area contributed by atoms with Gasteiger partial charge in [-0.15, -0.1) is 0 Å². The quantitative estimate of drug-likeness (QED) is 0.877. The summed E-state index contributed by atoms with van der Waals surface area (Å²) in [6, 6.07) is 10.4. The zero-order chi connectivity index (χ0) is 15.8. The van der Waals surface area contributed by atoms with Crippen LogP contribution in [-0.4, -0.2) is 49.7 Å². The molecule has 1 amide bonds. The molecule has 120 valence electrons. The smallest absolute Gasteiger partial charge is 0.216 e. The maximum Gasteiger partial charge on any atom is 0.216 e. The second-order valence-corrected chi connectivity index (χ2v) is 5.90. The van der Waals surface area contributed by atoms with Gasteiger partial charge in [0.05, 0.1) is 12.7 Å². The number of hydrogen-bond acceptors (Lipinski definition) is 3. The predicted molar refractivity (Wildman–Crippen MR) is 89.6 cm³/mol. The van der Waals surface area contributed by atoms with Crippen LogP contribution in [-0.2, 0) is 9.53 Å². The van der Waals surface area contributed by atoms with E-state index in [1.54, 1.807) is 6.92 Å². The summed E-state index contributed by atoms with van der Waals surface area (Å²) in [5.74, 6) is 0.0225. The van der Waals surface area contributed by atoms with E-state index >= 15 is 0 Å². The number of carbonyl (C=O) groups is 1. The van der Waals surface area contributed by atoms with Gasteiger partial charge < -0.3 is 10.1 Å². The molecule has 1 atom stereocenters. The van der Waals surface area contributed by atoms with Crippen LogP contribution in [0, 0.1) is 0 Å². The van der Waals surface area contributed by atoms with Crippen molar-refractivity contribution in [2.75, 3.05) is 32.8 Å². The molecule has 0 bridgehead atoms. The molecule has 2 rings (SSSR count). The molecule has 1 aliphatic rings. The lowest BCUT2D eigenvalue weighted by Gasteiger charge is -2.33. The van der Waals surface area contributed by atoms with Crippen LogP contribution in [0.5, 0.6) is 0 Å². The minimum atomic E-state index is 0.0225. The third kappa shape index (κ3) is 6.00. The first-order chi connectivity index (χ1) is 10.6. The number of benzene rings is 1. The van der Waals surface area contributed by atoms with E-state index in [2.05, 4.69) is 47.5 Å². The van der Waals surface area contributed by atoms with Crippen molar-refractivity contribution in [3.63, 3.8) is 0 Å². The largest absolute Gasteiger partial charge is 0.375 e. The number of rotatable bonds is 6. The summed E-state index contributed by atoms with van der Waals surface area (Å²) >= 11 is 0. The Morgan fingerprint density at radius 3 is 2.86 bits per heavy atom. The van der Waals surface area contributed by atoms with Gasteiger partial charge in [0.25, 0.3) is 0 Å². The Morgan fingerprint density at radius 2 is 2.14 bits per heavy atom. The van der Waals surface area contributed by atoms with Gasteiger partial charge in [-0.1, -0.05) is 42.0 Å². The Hall–Kier alpha value is -1.65. The van der Waals surface area contributed by atoms with E-state index in [0.717, 1.165) is 32.7 Å². The average Bonchev–Trinajstić information content (AvgIpc) is 2.48. The van der Waals surface area contributed by atoms with Crippen LogP contribution in [0.2, 0.25) is 0 Å². The molecule has 0 spiro atoms. The SMILES string of the molecule is CC(=O)NCC[C@H]1CN(C/C(C)=C/c2ccccc2)CCO1. The minimum absolute atomic E-state index is 0.0225. The summed E-state index contributed by atoms with van der Waals surface area (Å²) in [7, 11) is 0. The molecule has 1 aromatic rings. The highest BCUT2D eigenvalue weighted by molar-refractivity contribution is 5.72. The lowest BCUT2D eigenvalue weighted by Crippen LogP contribution is -2.44. The van der Waals surface area contributed by atoms with E-state index in [1.807, 2.05) is 6.07 Å². The predicted octanol–water partition coefficient (Wildman–Crippen LogP) is 2.32. The molecule has 1 saturated heterocycles. The highest BCUT2D eigenvalue weighted by Crippen LogP contribution is 2.12. The molecule has 0 radical (unpaired) electrons. The molecule has 1 N–H and O–H groups in total. The Balaban J connectivity index is 1.79. The van der Waals surface area contributed by atoms with Crippen LogP contribution < -0.4 is 5.32 Å². The van der Waals surface area contributed by atoms with Crippen LogP contribution >= 0.6 is 0 Å². The van der Waals surface area contributed by atoms with Crippen LogP contribution in [0.15, 0.2) is 35.9 Å². The Morgan fingerprint density at radius 1 is 1.36 bits per heavy atom. The topological polar surface area (TPSA) is 41.6 Å². The van der Waals surface area contributed by atoms with E-state index in [-0.39, 0.29) is 12.0 Å². The number of amides is 1. The van der Waals surface area contributed by atoms with Crippen molar-refractivity contribution in [3.05, 3.63) is 41.5 Å². The van der Waals surface area contributed by atoms with Gasteiger partial charge >= 0.3 is 0 Å². The molecular weight excluding hydrogens is 276 g/mol. The maximum absolute atomic E-state index is 10.9. The second-order valence-electron chi connectivity index (χ2n) is 5.90. The number of nitrogens with one attached hydrogen (secondary N) is 1. The molecule has 1 heterocycles. The van der Waals surface area contributed by atoms with Crippen molar-refractivity contribution in [1.82, 2.24) is 10.2 Å². The van der Waals surface area contributed by atoms with Crippen LogP contribution in [0.4, 0.5) is 0 Å². The zero-order valence-corrected chi connectivity index (χ0v) is 13.5. The van der Waals surface area contributed by atoms with E-state index in [9.17, 15) is 4.79 Å². The number of nitrogens with zero attached hydrogens (tertiary/aromatic N) is 1. The highest BCUT2D eigenvalue weighted by atomic mass is 16.5. The first-order valence-electron chi connectivity index (χ1n) is 7.94. The van der Waals surface area contributed by atoms with Crippen molar-refractivity contribution >= 4 is 12.0 Å². The van der Waals surface area contributed by atoms with Gasteiger partial charge in [-0.2, -0.15) is 0 Å². The average molecular weight is 302 g/mol. The number of ether oxygens (including phenoxy) is 1.